The van der Waals surface area contributed by atoms with Gasteiger partial charge in [0.1, 0.15) is 12.4 Å². The lowest BCUT2D eigenvalue weighted by atomic mass is 9.98. The van der Waals surface area contributed by atoms with Crippen LogP contribution in [-0.4, -0.2) is 23.5 Å². The standard InChI is InChI=1S/C27H28N2O4/c1-19(2)24-9-6-7-20(3)27(24)29-25(30)18-33-26(31)15-12-21-10-13-23(14-11-21)32-17-22-8-4-5-16-28-22/h4-16,19H,17-18H2,1-3H3,(H,29,30). The van der Waals surface area contributed by atoms with Gasteiger partial charge in [0.15, 0.2) is 6.61 Å². The number of nitrogens with one attached hydrogen (secondary N) is 1. The lowest BCUT2D eigenvalue weighted by molar-refractivity contribution is -0.142. The number of pyridine rings is 1. The van der Waals surface area contributed by atoms with Crippen molar-refractivity contribution >= 4 is 23.6 Å². The van der Waals surface area contributed by atoms with Gasteiger partial charge in [0, 0.05) is 18.0 Å². The number of rotatable bonds is 9. The number of para-hydroxylation sites is 1. The molecule has 3 aromatic rings. The van der Waals surface area contributed by atoms with E-state index < -0.39 is 5.97 Å². The SMILES string of the molecule is Cc1cccc(C(C)C)c1NC(=O)COC(=O)C=Cc1ccc(OCc2ccccn2)cc1. The molecule has 0 bridgehead atoms. The van der Waals surface area contributed by atoms with Crippen molar-refractivity contribution in [2.45, 2.75) is 33.3 Å². The maximum absolute atomic E-state index is 12.3. The Kier molecular flexibility index (Phi) is 8.36. The molecule has 33 heavy (non-hydrogen) atoms. The van der Waals surface area contributed by atoms with E-state index in [2.05, 4.69) is 24.1 Å². The summed E-state index contributed by atoms with van der Waals surface area (Å²) in [5.41, 5.74) is 4.43. The number of esters is 1. The van der Waals surface area contributed by atoms with E-state index in [1.54, 1.807) is 12.3 Å². The topological polar surface area (TPSA) is 77.5 Å². The molecule has 1 heterocycles. The molecule has 1 amide bonds. The first kappa shape index (κ1) is 23.7. The fourth-order valence-corrected chi connectivity index (χ4v) is 3.18. The number of amides is 1. The van der Waals surface area contributed by atoms with Gasteiger partial charge in [0.25, 0.3) is 5.91 Å². The lowest BCUT2D eigenvalue weighted by Crippen LogP contribution is -2.21. The van der Waals surface area contributed by atoms with Gasteiger partial charge in [-0.15, -0.1) is 0 Å². The van der Waals surface area contributed by atoms with Gasteiger partial charge in [0.05, 0.1) is 5.69 Å². The number of hydrogen-bond donors (Lipinski definition) is 1. The maximum Gasteiger partial charge on any atom is 0.331 e. The van der Waals surface area contributed by atoms with Crippen molar-refractivity contribution in [3.05, 3.63) is 95.3 Å². The number of aryl methyl sites for hydroxylation is 1. The largest absolute Gasteiger partial charge is 0.487 e. The number of nitrogens with zero attached hydrogens (tertiary/aromatic N) is 1. The molecule has 0 spiro atoms. The van der Waals surface area contributed by atoms with Crippen molar-refractivity contribution in [2.75, 3.05) is 11.9 Å². The third-order valence-corrected chi connectivity index (χ3v) is 4.94. The average Bonchev–Trinajstić information content (AvgIpc) is 2.82. The number of benzene rings is 2. The average molecular weight is 445 g/mol. The zero-order valence-electron chi connectivity index (χ0n) is 19.1. The molecule has 170 valence electrons. The highest BCUT2D eigenvalue weighted by Gasteiger charge is 2.13. The van der Waals surface area contributed by atoms with Gasteiger partial charge in [-0.1, -0.05) is 50.2 Å². The van der Waals surface area contributed by atoms with Crippen molar-refractivity contribution in [1.82, 2.24) is 4.98 Å². The number of aromatic nitrogens is 1. The monoisotopic (exact) mass is 444 g/mol. The summed E-state index contributed by atoms with van der Waals surface area (Å²) < 4.78 is 10.8. The zero-order valence-corrected chi connectivity index (χ0v) is 19.1. The molecule has 1 N–H and O–H groups in total. The van der Waals surface area contributed by atoms with Crippen LogP contribution in [0.4, 0.5) is 5.69 Å². The number of hydrogen-bond acceptors (Lipinski definition) is 5. The molecule has 3 rings (SSSR count). The highest BCUT2D eigenvalue weighted by molar-refractivity contribution is 5.95. The second-order valence-electron chi connectivity index (χ2n) is 7.86. The van der Waals surface area contributed by atoms with Crippen LogP contribution in [0.1, 0.15) is 42.1 Å². The lowest BCUT2D eigenvalue weighted by Gasteiger charge is -2.16. The molecule has 1 aromatic heterocycles. The van der Waals surface area contributed by atoms with Crippen LogP contribution in [0.2, 0.25) is 0 Å². The maximum atomic E-state index is 12.3. The smallest absolute Gasteiger partial charge is 0.331 e. The Labute approximate surface area is 194 Å². The van der Waals surface area contributed by atoms with Crippen LogP contribution in [0.5, 0.6) is 5.75 Å². The van der Waals surface area contributed by atoms with Gasteiger partial charge in [-0.2, -0.15) is 0 Å². The predicted octanol–water partition coefficient (Wildman–Crippen LogP) is 5.29. The summed E-state index contributed by atoms with van der Waals surface area (Å²) in [4.78, 5) is 28.5. The third kappa shape index (κ3) is 7.31. The minimum absolute atomic E-state index is 0.262. The molecule has 0 aliphatic carbocycles. The summed E-state index contributed by atoms with van der Waals surface area (Å²) in [6.07, 6.45) is 4.65. The number of carbonyl (C=O) groups excluding carboxylic acids is 2. The van der Waals surface area contributed by atoms with Crippen LogP contribution in [0, 0.1) is 6.92 Å². The van der Waals surface area contributed by atoms with Gasteiger partial charge in [-0.05, 0) is 59.9 Å². The van der Waals surface area contributed by atoms with E-state index in [1.165, 1.54) is 6.08 Å². The molecule has 6 nitrogen and oxygen atoms in total. The molecule has 0 saturated carbocycles. The third-order valence-electron chi connectivity index (χ3n) is 4.94. The van der Waals surface area contributed by atoms with E-state index >= 15 is 0 Å². The molecule has 6 heteroatoms. The van der Waals surface area contributed by atoms with Crippen LogP contribution in [0.25, 0.3) is 6.08 Å². The zero-order chi connectivity index (χ0) is 23.6. The molecule has 2 aromatic carbocycles. The van der Waals surface area contributed by atoms with Crippen molar-refractivity contribution in [1.29, 1.82) is 0 Å². The Morgan fingerprint density at radius 3 is 2.52 bits per heavy atom. The van der Waals surface area contributed by atoms with Gasteiger partial charge in [-0.25, -0.2) is 4.79 Å². The Morgan fingerprint density at radius 1 is 1.03 bits per heavy atom. The molecule has 0 atom stereocenters. The van der Waals surface area contributed by atoms with E-state index in [4.69, 9.17) is 9.47 Å². The summed E-state index contributed by atoms with van der Waals surface area (Å²) >= 11 is 0. The Morgan fingerprint density at radius 2 is 1.82 bits per heavy atom. The summed E-state index contributed by atoms with van der Waals surface area (Å²) in [6, 6.07) is 18.8. The molecular weight excluding hydrogens is 416 g/mol. The second kappa shape index (κ2) is 11.6. The molecule has 0 saturated heterocycles. The van der Waals surface area contributed by atoms with Crippen molar-refractivity contribution in [3.63, 3.8) is 0 Å². The van der Waals surface area contributed by atoms with Crippen LogP contribution in [0.15, 0.2) is 72.9 Å². The highest BCUT2D eigenvalue weighted by Crippen LogP contribution is 2.27. The Balaban J connectivity index is 1.47. The second-order valence-corrected chi connectivity index (χ2v) is 7.86. The van der Waals surface area contributed by atoms with Gasteiger partial charge in [-0.3, -0.25) is 9.78 Å². The fourth-order valence-electron chi connectivity index (χ4n) is 3.18. The van der Waals surface area contributed by atoms with Crippen LogP contribution in [-0.2, 0) is 20.9 Å². The van der Waals surface area contributed by atoms with Gasteiger partial charge < -0.3 is 14.8 Å². The van der Waals surface area contributed by atoms with Crippen molar-refractivity contribution in [3.8, 4) is 5.75 Å². The van der Waals surface area contributed by atoms with Crippen molar-refractivity contribution < 1.29 is 19.1 Å². The molecule has 0 fully saturated rings. The normalized spacial score (nSPS) is 10.9. The summed E-state index contributed by atoms with van der Waals surface area (Å²) in [6.45, 7) is 6.09. The summed E-state index contributed by atoms with van der Waals surface area (Å²) in [7, 11) is 0. The fraction of sp³-hybridized carbons (Fsp3) is 0.222. The summed E-state index contributed by atoms with van der Waals surface area (Å²) in [5.74, 6) is 0.00310. The number of anilines is 1. The van der Waals surface area contributed by atoms with E-state index in [0.29, 0.717) is 12.4 Å². The summed E-state index contributed by atoms with van der Waals surface area (Å²) in [5, 5.41) is 2.86. The van der Waals surface area contributed by atoms with E-state index in [9.17, 15) is 9.59 Å². The quantitative estimate of drug-likeness (QED) is 0.359. The minimum Gasteiger partial charge on any atom is -0.487 e. The number of carbonyl (C=O) groups is 2. The van der Waals surface area contributed by atoms with E-state index in [1.807, 2.05) is 67.6 Å². The predicted molar refractivity (Wildman–Crippen MR) is 129 cm³/mol. The Bertz CT molecular complexity index is 1110. The van der Waals surface area contributed by atoms with Gasteiger partial charge in [0.2, 0.25) is 0 Å². The van der Waals surface area contributed by atoms with Crippen LogP contribution in [0.3, 0.4) is 0 Å². The first-order valence-electron chi connectivity index (χ1n) is 10.8. The van der Waals surface area contributed by atoms with Crippen LogP contribution < -0.4 is 10.1 Å². The molecule has 0 aliphatic rings. The van der Waals surface area contributed by atoms with E-state index in [0.717, 1.165) is 28.1 Å². The number of ether oxygens (including phenoxy) is 2. The van der Waals surface area contributed by atoms with Gasteiger partial charge >= 0.3 is 5.97 Å². The minimum atomic E-state index is -0.588. The Hall–Kier alpha value is -3.93. The first-order chi connectivity index (χ1) is 15.9. The molecular formula is C27H28N2O4. The molecule has 0 aliphatic heterocycles. The first-order valence-corrected chi connectivity index (χ1v) is 10.8. The van der Waals surface area contributed by atoms with E-state index in [-0.39, 0.29) is 18.4 Å². The van der Waals surface area contributed by atoms with Crippen LogP contribution >= 0.6 is 0 Å². The highest BCUT2D eigenvalue weighted by atomic mass is 16.5. The molecule has 0 radical (unpaired) electrons. The van der Waals surface area contributed by atoms with Crippen molar-refractivity contribution in [2.24, 2.45) is 0 Å². The molecule has 0 unspecified atom stereocenters.